The van der Waals surface area contributed by atoms with Crippen LogP contribution in [-0.2, 0) is 35.3 Å². The summed E-state index contributed by atoms with van der Waals surface area (Å²) in [6.07, 6.45) is 5.66. The summed E-state index contributed by atoms with van der Waals surface area (Å²) in [6, 6.07) is 3.77. The highest BCUT2D eigenvalue weighted by molar-refractivity contribution is 7.17. The number of carbonyl (C=O) groups excluding carboxylic acids is 2. The van der Waals surface area contributed by atoms with E-state index in [1.807, 2.05) is 26.0 Å². The van der Waals surface area contributed by atoms with Gasteiger partial charge in [-0.3, -0.25) is 9.59 Å². The molecule has 38 heavy (non-hydrogen) atoms. The van der Waals surface area contributed by atoms with E-state index >= 15 is 0 Å². The van der Waals surface area contributed by atoms with E-state index in [0.29, 0.717) is 48.6 Å². The molecule has 2 aromatic heterocycles. The normalized spacial score (nSPS) is 19.1. The number of halogens is 4. The van der Waals surface area contributed by atoms with Crippen molar-refractivity contribution in [2.24, 2.45) is 11.8 Å². The van der Waals surface area contributed by atoms with Crippen molar-refractivity contribution >= 4 is 44.5 Å². The lowest BCUT2D eigenvalue weighted by Gasteiger charge is -2.24. The number of carbonyl (C=O) groups is 2. The number of nitrogens with one attached hydrogen (secondary N) is 2. The summed E-state index contributed by atoms with van der Waals surface area (Å²) in [4.78, 5) is 26.4. The molecule has 2 atom stereocenters. The number of rotatable bonds is 7. The Hall–Kier alpha value is -2.96. The Labute approximate surface area is 225 Å². The van der Waals surface area contributed by atoms with Crippen LogP contribution >= 0.6 is 22.7 Å². The topological polar surface area (TPSA) is 106 Å². The molecule has 2 heterocycles. The van der Waals surface area contributed by atoms with Gasteiger partial charge in [0.2, 0.25) is 0 Å². The lowest BCUT2D eigenvalue weighted by Crippen LogP contribution is -2.56. The van der Waals surface area contributed by atoms with Gasteiger partial charge >= 0.3 is 23.7 Å². The van der Waals surface area contributed by atoms with Gasteiger partial charge in [-0.05, 0) is 61.5 Å². The Kier molecular flexibility index (Phi) is 7.87. The lowest BCUT2D eigenvalue weighted by molar-refractivity contribution is -0.204. The first-order valence-electron chi connectivity index (χ1n) is 12.5. The molecule has 2 aliphatic carbocycles. The zero-order valence-corrected chi connectivity index (χ0v) is 22.5. The zero-order valence-electron chi connectivity index (χ0n) is 20.9. The zero-order chi connectivity index (χ0) is 27.8. The van der Waals surface area contributed by atoms with Crippen molar-refractivity contribution in [2.75, 3.05) is 10.6 Å². The van der Waals surface area contributed by atoms with Gasteiger partial charge in [0.05, 0.1) is 11.1 Å². The molecule has 0 fully saturated rings. The fourth-order valence-corrected chi connectivity index (χ4v) is 7.68. The van der Waals surface area contributed by atoms with Crippen LogP contribution in [0.25, 0.3) is 0 Å². The molecule has 6 nitrogen and oxygen atoms in total. The van der Waals surface area contributed by atoms with Crippen LogP contribution in [0.4, 0.5) is 27.6 Å². The van der Waals surface area contributed by atoms with Gasteiger partial charge in [0.1, 0.15) is 22.1 Å². The van der Waals surface area contributed by atoms with Crippen LogP contribution < -0.4 is 10.6 Å². The Balaban J connectivity index is 1.54. The van der Waals surface area contributed by atoms with E-state index in [1.54, 1.807) is 10.6 Å². The summed E-state index contributed by atoms with van der Waals surface area (Å²) >= 11 is 1.85. The molecular weight excluding hydrogens is 540 g/mol. The molecule has 0 aliphatic heterocycles. The van der Waals surface area contributed by atoms with Gasteiger partial charge in [0, 0.05) is 9.75 Å². The second kappa shape index (κ2) is 10.7. The number of nitriles is 2. The lowest BCUT2D eigenvalue weighted by atomic mass is 9.86. The van der Waals surface area contributed by atoms with Gasteiger partial charge in [0.15, 0.2) is 0 Å². The molecular formula is C26H26F4N4O2S2. The Morgan fingerprint density at radius 1 is 0.816 bits per heavy atom. The van der Waals surface area contributed by atoms with E-state index in [0.717, 1.165) is 58.1 Å². The maximum absolute atomic E-state index is 14.8. The van der Waals surface area contributed by atoms with Crippen LogP contribution in [-0.4, -0.2) is 23.7 Å². The summed E-state index contributed by atoms with van der Waals surface area (Å²) in [6.45, 7) is 4.02. The highest BCUT2D eigenvalue weighted by Crippen LogP contribution is 2.44. The Bertz CT molecular complexity index is 1250. The molecule has 2 amide bonds. The van der Waals surface area contributed by atoms with Gasteiger partial charge in [-0.2, -0.15) is 28.1 Å². The van der Waals surface area contributed by atoms with Gasteiger partial charge in [-0.25, -0.2) is 0 Å². The van der Waals surface area contributed by atoms with Gasteiger partial charge in [-0.1, -0.05) is 26.7 Å². The first-order chi connectivity index (χ1) is 18.0. The molecule has 202 valence electrons. The molecule has 12 heteroatoms. The van der Waals surface area contributed by atoms with Crippen LogP contribution in [0.2, 0.25) is 0 Å². The second-order valence-corrected chi connectivity index (χ2v) is 11.9. The van der Waals surface area contributed by atoms with Crippen molar-refractivity contribution in [1.82, 2.24) is 0 Å². The minimum Gasteiger partial charge on any atom is -0.311 e. The minimum absolute atomic E-state index is 0.00955. The van der Waals surface area contributed by atoms with E-state index in [4.69, 9.17) is 0 Å². The van der Waals surface area contributed by atoms with E-state index in [1.165, 1.54) is 0 Å². The molecule has 2 aliphatic rings. The minimum atomic E-state index is -5.42. The average Bonchev–Trinajstić information content (AvgIpc) is 3.43. The molecule has 0 spiro atoms. The van der Waals surface area contributed by atoms with Crippen molar-refractivity contribution in [1.29, 1.82) is 10.5 Å². The molecule has 4 rings (SSSR count). The predicted molar refractivity (Wildman–Crippen MR) is 137 cm³/mol. The molecule has 0 unspecified atom stereocenters. The molecule has 0 radical (unpaired) electrons. The first kappa shape index (κ1) is 28.1. The summed E-state index contributed by atoms with van der Waals surface area (Å²) in [5.41, 5.74) is 1.26. The number of fused-ring (bicyclic) bond motifs is 2. The maximum atomic E-state index is 14.8. The quantitative estimate of drug-likeness (QED) is 0.377. The second-order valence-electron chi connectivity index (χ2n) is 9.73. The van der Waals surface area contributed by atoms with Crippen LogP contribution in [0, 0.1) is 34.5 Å². The van der Waals surface area contributed by atoms with Crippen LogP contribution in [0.15, 0.2) is 0 Å². The number of nitrogens with zero attached hydrogens (tertiary/aromatic N) is 2. The average molecular weight is 567 g/mol. The summed E-state index contributed by atoms with van der Waals surface area (Å²) in [7, 11) is 0. The number of amides is 2. The highest BCUT2D eigenvalue weighted by Gasteiger charge is 2.67. The number of hydrogen-bond donors (Lipinski definition) is 2. The standard InChI is InChI=1S/C26H26F4N4O2S2/c1-3-13-5-7-15-17(11-31)21(37-19(15)9-13)33-23(35)25(27,28)26(29,30)24(36)34-22-18(12-32)16-8-6-14(4-2)10-20(16)38-22/h13-14H,3-10H2,1-2H3,(H,33,35)(H,34,36)/t13-,14-/m1/s1. The predicted octanol–water partition coefficient (Wildman–Crippen LogP) is 6.43. The van der Waals surface area contributed by atoms with Crippen LogP contribution in [0.5, 0.6) is 0 Å². The van der Waals surface area contributed by atoms with Crippen molar-refractivity contribution < 1.29 is 27.2 Å². The summed E-state index contributed by atoms with van der Waals surface area (Å²) in [5, 5.41) is 22.2. The molecule has 0 aromatic carbocycles. The molecule has 0 bridgehead atoms. The molecule has 0 saturated carbocycles. The fourth-order valence-electron chi connectivity index (χ4n) is 5.07. The number of anilines is 2. The Morgan fingerprint density at radius 2 is 1.18 bits per heavy atom. The first-order valence-corrected chi connectivity index (χ1v) is 14.1. The van der Waals surface area contributed by atoms with Gasteiger partial charge in [-0.15, -0.1) is 22.7 Å². The SMILES string of the molecule is CC[C@@H]1CCc2c(sc(NC(=O)C(F)(F)C(F)(F)C(=O)Nc3sc4c(c3C#N)CC[C@@H](CC)C4)c2C#N)C1. The van der Waals surface area contributed by atoms with E-state index in [2.05, 4.69) is 0 Å². The van der Waals surface area contributed by atoms with E-state index < -0.39 is 23.7 Å². The fraction of sp³-hybridized carbons (Fsp3) is 0.538. The molecule has 2 aromatic rings. The maximum Gasteiger partial charge on any atom is 0.396 e. The van der Waals surface area contributed by atoms with Gasteiger partial charge in [0.25, 0.3) is 0 Å². The van der Waals surface area contributed by atoms with E-state index in [9.17, 15) is 37.7 Å². The monoisotopic (exact) mass is 566 g/mol. The summed E-state index contributed by atoms with van der Waals surface area (Å²) in [5.74, 6) is -14.9. The third kappa shape index (κ3) is 4.80. The number of hydrogen-bond acceptors (Lipinski definition) is 6. The van der Waals surface area contributed by atoms with Crippen LogP contribution in [0.1, 0.15) is 71.5 Å². The largest absolute Gasteiger partial charge is 0.396 e. The van der Waals surface area contributed by atoms with Crippen molar-refractivity contribution in [3.05, 3.63) is 32.0 Å². The number of alkyl halides is 4. The number of thiophene rings is 2. The van der Waals surface area contributed by atoms with Crippen molar-refractivity contribution in [2.45, 2.75) is 77.1 Å². The van der Waals surface area contributed by atoms with Crippen molar-refractivity contribution in [3.63, 3.8) is 0 Å². The third-order valence-corrected chi connectivity index (χ3v) is 9.87. The molecule has 2 N–H and O–H groups in total. The molecule has 0 saturated heterocycles. The Morgan fingerprint density at radius 3 is 1.50 bits per heavy atom. The third-order valence-electron chi connectivity index (χ3n) is 7.53. The highest BCUT2D eigenvalue weighted by atomic mass is 32.1. The van der Waals surface area contributed by atoms with Crippen LogP contribution in [0.3, 0.4) is 0 Å². The van der Waals surface area contributed by atoms with E-state index in [-0.39, 0.29) is 21.1 Å². The van der Waals surface area contributed by atoms with Crippen molar-refractivity contribution in [3.8, 4) is 12.1 Å². The smallest absolute Gasteiger partial charge is 0.311 e. The summed E-state index contributed by atoms with van der Waals surface area (Å²) < 4.78 is 59.3. The van der Waals surface area contributed by atoms with Gasteiger partial charge < -0.3 is 10.6 Å².